The van der Waals surface area contributed by atoms with Gasteiger partial charge < -0.3 is 28.7 Å². The second-order valence-electron chi connectivity index (χ2n) is 15.1. The molecule has 0 spiro atoms. The van der Waals surface area contributed by atoms with Crippen molar-refractivity contribution in [3.05, 3.63) is 41.7 Å². The van der Waals surface area contributed by atoms with Gasteiger partial charge in [0.05, 0.1) is 11.1 Å². The number of carbonyl (C=O) groups is 1. The lowest BCUT2D eigenvalue weighted by molar-refractivity contribution is 0.0218. The minimum atomic E-state index is -0.884. The van der Waals surface area contributed by atoms with Crippen molar-refractivity contribution in [2.45, 2.75) is 89.1 Å². The van der Waals surface area contributed by atoms with E-state index in [1.54, 1.807) is 18.1 Å². The van der Waals surface area contributed by atoms with Crippen LogP contribution >= 0.6 is 0 Å². The number of methoxy groups -OCH3 is 1. The molecule has 1 aliphatic carbocycles. The van der Waals surface area contributed by atoms with Crippen LogP contribution in [-0.2, 0) is 9.47 Å². The highest BCUT2D eigenvalue weighted by atomic mass is 19.1. The van der Waals surface area contributed by atoms with Crippen LogP contribution in [0.4, 0.5) is 19.4 Å². The molecule has 0 bridgehead atoms. The van der Waals surface area contributed by atoms with Gasteiger partial charge in [-0.25, -0.2) is 13.6 Å². The number of anilines is 1. The number of hydrogen-bond acceptors (Lipinski definition) is 9. The van der Waals surface area contributed by atoms with Gasteiger partial charge in [0.2, 0.25) is 0 Å². The molecule has 4 aliphatic rings. The molecule has 4 fully saturated rings. The van der Waals surface area contributed by atoms with Crippen LogP contribution in [0.2, 0.25) is 0 Å². The largest absolute Gasteiger partial charge is 0.467 e. The molecule has 264 valence electrons. The average molecular weight is 680 g/mol. The quantitative estimate of drug-likeness (QED) is 0.229. The van der Waals surface area contributed by atoms with Gasteiger partial charge in [-0.3, -0.25) is 4.90 Å². The molecule has 49 heavy (non-hydrogen) atoms. The minimum absolute atomic E-state index is 0.0340. The third-order valence-corrected chi connectivity index (χ3v) is 10.2. The number of carbonyl (C=O) groups excluding carboxylic acids is 1. The molecule has 3 aromatic rings. The van der Waals surface area contributed by atoms with Crippen molar-refractivity contribution in [1.29, 1.82) is 0 Å². The van der Waals surface area contributed by atoms with Gasteiger partial charge in [-0.1, -0.05) is 12.1 Å². The summed E-state index contributed by atoms with van der Waals surface area (Å²) in [6.45, 7) is 10.4. The predicted molar refractivity (Wildman–Crippen MR) is 183 cm³/mol. The number of rotatable bonds is 9. The molecular formula is C37H47F2N5O5. The fourth-order valence-electron chi connectivity index (χ4n) is 7.81. The Morgan fingerprint density at radius 3 is 2.63 bits per heavy atom. The van der Waals surface area contributed by atoms with Crippen LogP contribution in [0.1, 0.15) is 71.3 Å². The summed E-state index contributed by atoms with van der Waals surface area (Å²) in [5, 5.41) is 0.541. The number of aromatic nitrogens is 2. The molecule has 3 saturated heterocycles. The summed E-state index contributed by atoms with van der Waals surface area (Å²) in [5.74, 6) is 0.993. The summed E-state index contributed by atoms with van der Waals surface area (Å²) in [5.41, 5.74) is 1.66. The van der Waals surface area contributed by atoms with Crippen LogP contribution in [0.3, 0.4) is 0 Å². The monoisotopic (exact) mass is 679 g/mol. The van der Waals surface area contributed by atoms with Gasteiger partial charge >= 0.3 is 12.1 Å². The molecule has 0 unspecified atom stereocenters. The van der Waals surface area contributed by atoms with Crippen LogP contribution in [0, 0.1) is 5.82 Å². The molecule has 3 atom stereocenters. The fourth-order valence-corrected chi connectivity index (χ4v) is 7.81. The van der Waals surface area contributed by atoms with Gasteiger partial charge in [0.1, 0.15) is 35.8 Å². The number of benzene rings is 2. The number of nitrogens with zero attached hydrogens (tertiary/aromatic N) is 5. The Morgan fingerprint density at radius 1 is 1.08 bits per heavy atom. The van der Waals surface area contributed by atoms with Gasteiger partial charge in [0, 0.05) is 62.3 Å². The molecule has 0 N–H and O–H groups in total. The Kier molecular flexibility index (Phi) is 9.06. The summed E-state index contributed by atoms with van der Waals surface area (Å²) in [6, 6.07) is 9.07. The first-order valence-electron chi connectivity index (χ1n) is 17.5. The molecule has 1 amide bonds. The second-order valence-corrected chi connectivity index (χ2v) is 15.1. The maximum Gasteiger partial charge on any atom is 0.410 e. The number of hydrogen-bond donors (Lipinski definition) is 0. The normalized spacial score (nSPS) is 24.4. The van der Waals surface area contributed by atoms with Gasteiger partial charge in [0.15, 0.2) is 6.79 Å². The van der Waals surface area contributed by atoms with E-state index in [4.69, 9.17) is 28.9 Å². The van der Waals surface area contributed by atoms with Crippen molar-refractivity contribution in [3.8, 4) is 22.9 Å². The van der Waals surface area contributed by atoms with Crippen molar-refractivity contribution in [3.63, 3.8) is 0 Å². The van der Waals surface area contributed by atoms with Crippen molar-refractivity contribution in [1.82, 2.24) is 19.8 Å². The lowest BCUT2D eigenvalue weighted by Gasteiger charge is -2.41. The van der Waals surface area contributed by atoms with Crippen molar-refractivity contribution in [2.75, 3.05) is 58.1 Å². The first kappa shape index (κ1) is 33.7. The zero-order valence-corrected chi connectivity index (χ0v) is 29.1. The van der Waals surface area contributed by atoms with Crippen LogP contribution in [0.5, 0.6) is 11.8 Å². The third kappa shape index (κ3) is 6.86. The number of fused-ring (bicyclic) bond motifs is 2. The third-order valence-electron chi connectivity index (χ3n) is 10.2. The van der Waals surface area contributed by atoms with Crippen LogP contribution in [-0.4, -0.2) is 102 Å². The Morgan fingerprint density at radius 2 is 1.90 bits per heavy atom. The van der Waals surface area contributed by atoms with E-state index in [1.807, 2.05) is 45.9 Å². The zero-order chi connectivity index (χ0) is 34.5. The fraction of sp³-hybridized carbons (Fsp3) is 0.595. The van der Waals surface area contributed by atoms with Crippen LogP contribution in [0.15, 0.2) is 30.3 Å². The predicted octanol–water partition coefficient (Wildman–Crippen LogP) is 6.70. The zero-order valence-electron chi connectivity index (χ0n) is 29.1. The molecule has 12 heteroatoms. The van der Waals surface area contributed by atoms with Crippen molar-refractivity contribution in [2.24, 2.45) is 0 Å². The Balaban J connectivity index is 1.28. The summed E-state index contributed by atoms with van der Waals surface area (Å²) < 4.78 is 54.2. The van der Waals surface area contributed by atoms with E-state index in [0.29, 0.717) is 72.1 Å². The molecule has 10 nitrogen and oxygen atoms in total. The van der Waals surface area contributed by atoms with Crippen LogP contribution < -0.4 is 14.4 Å². The van der Waals surface area contributed by atoms with E-state index in [1.165, 1.54) is 6.07 Å². The van der Waals surface area contributed by atoms with E-state index >= 15 is 4.39 Å². The van der Waals surface area contributed by atoms with E-state index in [-0.39, 0.29) is 37.1 Å². The highest BCUT2D eigenvalue weighted by Gasteiger charge is 2.49. The number of alkyl halides is 1. The summed E-state index contributed by atoms with van der Waals surface area (Å²) >= 11 is 0. The number of piperazine rings is 1. The maximum absolute atomic E-state index is 16.5. The molecule has 7 rings (SSSR count). The van der Waals surface area contributed by atoms with E-state index in [0.717, 1.165) is 37.8 Å². The van der Waals surface area contributed by atoms with Gasteiger partial charge in [-0.2, -0.15) is 9.97 Å². The highest BCUT2D eigenvalue weighted by molar-refractivity contribution is 5.94. The molecule has 1 saturated carbocycles. The molecule has 2 aromatic carbocycles. The number of ether oxygens (including phenoxy) is 4. The van der Waals surface area contributed by atoms with E-state index in [9.17, 15) is 9.18 Å². The van der Waals surface area contributed by atoms with E-state index < -0.39 is 17.6 Å². The lowest BCUT2D eigenvalue weighted by Crippen LogP contribution is -2.55. The van der Waals surface area contributed by atoms with Crippen LogP contribution in [0.25, 0.3) is 22.0 Å². The topological polar surface area (TPSA) is 89.5 Å². The second kappa shape index (κ2) is 13.2. The lowest BCUT2D eigenvalue weighted by atomic mass is 9.94. The molecule has 4 heterocycles. The standard InChI is InChI=1S/C37H47F2N5O5/c1-23-19-42(35(45)49-36(2,3)4)14-15-44(23)33-28-16-29(39)27(32-26(24-10-11-24)8-6-9-31(32)48-22-46-5)17-30(28)40-34(41-33)47-21-37-12-7-13-43(37)20-25(38)18-37/h6,8-9,16-17,23-25H,7,10-15,18-22H2,1-5H3/t23-,25-,37+/m1/s1. The SMILES string of the molecule is COCOc1cccc(C2CC2)c1-c1cc2nc(OC[C@@]34CCCN3C[C@H](F)C4)nc(N3CCN(C(=O)OC(C)(C)C)C[C@H]3C)c2cc1F. The molecule has 0 radical (unpaired) electrons. The molecule has 1 aromatic heterocycles. The number of halogens is 2. The summed E-state index contributed by atoms with van der Waals surface area (Å²) in [4.78, 5) is 28.6. The molecular weight excluding hydrogens is 632 g/mol. The first-order chi connectivity index (χ1) is 23.4. The highest BCUT2D eigenvalue weighted by Crippen LogP contribution is 2.49. The Bertz CT molecular complexity index is 1710. The Hall–Kier alpha value is -3.77. The van der Waals surface area contributed by atoms with Crippen molar-refractivity contribution < 1.29 is 32.5 Å². The smallest absolute Gasteiger partial charge is 0.410 e. The minimum Gasteiger partial charge on any atom is -0.467 e. The molecule has 3 aliphatic heterocycles. The number of amides is 1. The summed E-state index contributed by atoms with van der Waals surface area (Å²) in [6.07, 6.45) is 3.10. The van der Waals surface area contributed by atoms with Gasteiger partial charge in [-0.15, -0.1) is 0 Å². The first-order valence-corrected chi connectivity index (χ1v) is 17.5. The van der Waals surface area contributed by atoms with Crippen molar-refractivity contribution >= 4 is 22.8 Å². The maximum atomic E-state index is 16.5. The summed E-state index contributed by atoms with van der Waals surface area (Å²) in [7, 11) is 1.55. The van der Waals surface area contributed by atoms with Gasteiger partial charge in [-0.05, 0) is 89.6 Å². The van der Waals surface area contributed by atoms with E-state index in [2.05, 4.69) is 9.80 Å². The average Bonchev–Trinajstić information content (AvgIpc) is 3.76. The van der Waals surface area contributed by atoms with Gasteiger partial charge in [0.25, 0.3) is 0 Å². The Labute approximate surface area is 286 Å².